The van der Waals surface area contributed by atoms with Crippen LogP contribution in [-0.4, -0.2) is 34.2 Å². The number of para-hydroxylation sites is 3. The Balaban J connectivity index is 1.51. The van der Waals surface area contributed by atoms with Crippen LogP contribution in [-0.2, 0) is 16.0 Å². The number of carbonyl (C=O) groups excluding carboxylic acids is 1. The van der Waals surface area contributed by atoms with Crippen LogP contribution < -0.4 is 5.32 Å². The smallest absolute Gasteiger partial charge is 0.220 e. The molecule has 140 valence electrons. The van der Waals surface area contributed by atoms with E-state index < -0.39 is 0 Å². The Bertz CT molecular complexity index is 914. The molecular weight excluding hydrogens is 338 g/mol. The van der Waals surface area contributed by atoms with Gasteiger partial charge in [-0.25, -0.2) is 4.98 Å². The van der Waals surface area contributed by atoms with E-state index in [4.69, 9.17) is 9.72 Å². The van der Waals surface area contributed by atoms with Crippen molar-refractivity contribution in [3.63, 3.8) is 0 Å². The van der Waals surface area contributed by atoms with Gasteiger partial charge in [-0.05, 0) is 44.0 Å². The highest BCUT2D eigenvalue weighted by Crippen LogP contribution is 2.22. The number of nitrogens with one attached hydrogen (secondary N) is 1. The predicted octanol–water partition coefficient (Wildman–Crippen LogP) is 3.64. The summed E-state index contributed by atoms with van der Waals surface area (Å²) in [7, 11) is 0. The van der Waals surface area contributed by atoms with Gasteiger partial charge in [0.25, 0.3) is 0 Å². The molecule has 2 unspecified atom stereocenters. The number of hydrogen-bond donors (Lipinski definition) is 1. The largest absolute Gasteiger partial charge is 0.376 e. The van der Waals surface area contributed by atoms with Gasteiger partial charge in [0.15, 0.2) is 0 Å². The summed E-state index contributed by atoms with van der Waals surface area (Å²) in [5.74, 6) is 0.951. The van der Waals surface area contributed by atoms with Crippen molar-refractivity contribution in [2.45, 2.75) is 44.8 Å². The van der Waals surface area contributed by atoms with Crippen molar-refractivity contribution in [2.24, 2.45) is 0 Å². The minimum Gasteiger partial charge on any atom is -0.376 e. The van der Waals surface area contributed by atoms with Crippen molar-refractivity contribution in [1.29, 1.82) is 0 Å². The lowest BCUT2D eigenvalue weighted by molar-refractivity contribution is -0.122. The van der Waals surface area contributed by atoms with Crippen molar-refractivity contribution in [1.82, 2.24) is 14.9 Å². The van der Waals surface area contributed by atoms with E-state index in [1.54, 1.807) is 0 Å². The molecule has 1 aliphatic rings. The Labute approximate surface area is 159 Å². The van der Waals surface area contributed by atoms with E-state index >= 15 is 0 Å². The maximum Gasteiger partial charge on any atom is 0.220 e. The number of imidazole rings is 1. The monoisotopic (exact) mass is 363 g/mol. The Kier molecular flexibility index (Phi) is 5.21. The lowest BCUT2D eigenvalue weighted by Crippen LogP contribution is -2.40. The Morgan fingerprint density at radius 3 is 2.78 bits per heavy atom. The first kappa shape index (κ1) is 17.7. The molecule has 1 amide bonds. The highest BCUT2D eigenvalue weighted by molar-refractivity contribution is 5.79. The molecule has 0 bridgehead atoms. The third-order valence-corrected chi connectivity index (χ3v) is 5.13. The second-order valence-electron chi connectivity index (χ2n) is 7.10. The van der Waals surface area contributed by atoms with E-state index in [0.29, 0.717) is 12.8 Å². The number of benzene rings is 2. The lowest BCUT2D eigenvalue weighted by Gasteiger charge is -2.20. The second kappa shape index (κ2) is 7.92. The first-order valence-corrected chi connectivity index (χ1v) is 9.65. The van der Waals surface area contributed by atoms with Crippen LogP contribution in [0.5, 0.6) is 0 Å². The summed E-state index contributed by atoms with van der Waals surface area (Å²) in [4.78, 5) is 17.2. The van der Waals surface area contributed by atoms with Crippen LogP contribution in [0.3, 0.4) is 0 Å². The van der Waals surface area contributed by atoms with Crippen molar-refractivity contribution in [3.8, 4) is 5.69 Å². The summed E-state index contributed by atoms with van der Waals surface area (Å²) >= 11 is 0. The topological polar surface area (TPSA) is 56.2 Å². The molecule has 0 saturated carbocycles. The molecule has 5 nitrogen and oxygen atoms in total. The van der Waals surface area contributed by atoms with Gasteiger partial charge >= 0.3 is 0 Å². The van der Waals surface area contributed by atoms with Gasteiger partial charge in [0.05, 0.1) is 23.2 Å². The highest BCUT2D eigenvalue weighted by Gasteiger charge is 2.23. The van der Waals surface area contributed by atoms with E-state index in [0.717, 1.165) is 42.0 Å². The van der Waals surface area contributed by atoms with Crippen molar-refractivity contribution in [3.05, 3.63) is 60.4 Å². The number of ether oxygens (including phenoxy) is 1. The Hall–Kier alpha value is -2.66. The summed E-state index contributed by atoms with van der Waals surface area (Å²) in [5.41, 5.74) is 3.07. The van der Waals surface area contributed by atoms with E-state index in [9.17, 15) is 4.79 Å². The Morgan fingerprint density at radius 1 is 1.22 bits per heavy atom. The van der Waals surface area contributed by atoms with Gasteiger partial charge in [-0.1, -0.05) is 30.3 Å². The molecule has 4 rings (SSSR count). The van der Waals surface area contributed by atoms with Crippen molar-refractivity contribution < 1.29 is 9.53 Å². The molecule has 0 radical (unpaired) electrons. The van der Waals surface area contributed by atoms with Gasteiger partial charge in [-0.3, -0.25) is 9.36 Å². The molecule has 1 saturated heterocycles. The number of carbonyl (C=O) groups is 1. The average molecular weight is 363 g/mol. The molecule has 2 atom stereocenters. The molecule has 1 fully saturated rings. The van der Waals surface area contributed by atoms with Gasteiger partial charge in [0.1, 0.15) is 5.82 Å². The first-order chi connectivity index (χ1) is 13.2. The fraction of sp³-hybridized carbons (Fsp3) is 0.364. The summed E-state index contributed by atoms with van der Waals surface area (Å²) in [6, 6.07) is 18.3. The highest BCUT2D eigenvalue weighted by atomic mass is 16.5. The maximum atomic E-state index is 12.4. The van der Waals surface area contributed by atoms with Gasteiger partial charge < -0.3 is 10.1 Å². The van der Waals surface area contributed by atoms with Crippen LogP contribution in [0.1, 0.15) is 32.0 Å². The van der Waals surface area contributed by atoms with Gasteiger partial charge in [-0.2, -0.15) is 0 Å². The lowest BCUT2D eigenvalue weighted by atomic mass is 10.1. The van der Waals surface area contributed by atoms with Crippen LogP contribution in [0.2, 0.25) is 0 Å². The summed E-state index contributed by atoms with van der Waals surface area (Å²) in [6.45, 7) is 2.82. The number of fused-ring (bicyclic) bond motifs is 1. The molecule has 1 aliphatic heterocycles. The average Bonchev–Trinajstić information content (AvgIpc) is 3.35. The number of aromatic nitrogens is 2. The van der Waals surface area contributed by atoms with E-state index in [1.807, 2.05) is 43.3 Å². The number of rotatable bonds is 6. The minimum atomic E-state index is 0.0460. The third kappa shape index (κ3) is 3.88. The SMILES string of the molecule is CC(NC(=O)CCc1nc2ccccc2n1-c1ccccc1)C1CCCO1. The van der Waals surface area contributed by atoms with E-state index in [-0.39, 0.29) is 18.1 Å². The fourth-order valence-electron chi connectivity index (χ4n) is 3.75. The minimum absolute atomic E-state index is 0.0460. The molecule has 0 aliphatic carbocycles. The number of amides is 1. The van der Waals surface area contributed by atoms with Crippen LogP contribution in [0.4, 0.5) is 0 Å². The number of nitrogens with zero attached hydrogens (tertiary/aromatic N) is 2. The molecule has 2 aromatic carbocycles. The van der Waals surface area contributed by atoms with Crippen molar-refractivity contribution in [2.75, 3.05) is 6.61 Å². The zero-order valence-electron chi connectivity index (χ0n) is 15.6. The van der Waals surface area contributed by atoms with Crippen LogP contribution in [0, 0.1) is 0 Å². The summed E-state index contributed by atoms with van der Waals surface area (Å²) < 4.78 is 7.81. The fourth-order valence-corrected chi connectivity index (χ4v) is 3.75. The standard InChI is InChI=1S/C22H25N3O2/c1-16(20-12-7-15-27-20)23-22(26)14-13-21-24-18-10-5-6-11-19(18)25(21)17-8-3-2-4-9-17/h2-6,8-11,16,20H,7,12-15H2,1H3,(H,23,26). The zero-order valence-corrected chi connectivity index (χ0v) is 15.6. The normalized spacial score (nSPS) is 17.9. The quantitative estimate of drug-likeness (QED) is 0.727. The number of hydrogen-bond acceptors (Lipinski definition) is 3. The molecule has 5 heteroatoms. The summed E-state index contributed by atoms with van der Waals surface area (Å²) in [5, 5.41) is 3.08. The third-order valence-electron chi connectivity index (χ3n) is 5.13. The molecular formula is C22H25N3O2. The van der Waals surface area contributed by atoms with Gasteiger partial charge in [0.2, 0.25) is 5.91 Å². The van der Waals surface area contributed by atoms with E-state index in [1.165, 1.54) is 0 Å². The predicted molar refractivity (Wildman–Crippen MR) is 106 cm³/mol. The summed E-state index contributed by atoms with van der Waals surface area (Å²) in [6.07, 6.45) is 3.24. The molecule has 2 heterocycles. The molecule has 0 spiro atoms. The van der Waals surface area contributed by atoms with Gasteiger partial charge in [-0.15, -0.1) is 0 Å². The van der Waals surface area contributed by atoms with Crippen LogP contribution in [0.25, 0.3) is 16.7 Å². The van der Waals surface area contributed by atoms with Crippen molar-refractivity contribution >= 4 is 16.9 Å². The Morgan fingerprint density at radius 2 is 2.00 bits per heavy atom. The second-order valence-corrected chi connectivity index (χ2v) is 7.10. The van der Waals surface area contributed by atoms with Crippen LogP contribution >= 0.6 is 0 Å². The first-order valence-electron chi connectivity index (χ1n) is 9.65. The maximum absolute atomic E-state index is 12.4. The molecule has 1 aromatic heterocycles. The van der Waals surface area contributed by atoms with E-state index in [2.05, 4.69) is 28.1 Å². The van der Waals surface area contributed by atoms with Crippen LogP contribution in [0.15, 0.2) is 54.6 Å². The molecule has 3 aromatic rings. The molecule has 1 N–H and O–H groups in total. The number of aryl methyl sites for hydroxylation is 1. The zero-order chi connectivity index (χ0) is 18.6. The van der Waals surface area contributed by atoms with Gasteiger partial charge in [0, 0.05) is 25.1 Å². The molecule has 27 heavy (non-hydrogen) atoms.